The zero-order valence-electron chi connectivity index (χ0n) is 14.7. The highest BCUT2D eigenvalue weighted by molar-refractivity contribution is 7.18. The van der Waals surface area contributed by atoms with E-state index in [1.54, 1.807) is 0 Å². The number of hydrogen-bond donors (Lipinski definition) is 2. The Balaban J connectivity index is 2.34. The average molecular weight is 409 g/mol. The molecule has 1 aromatic heterocycles. The van der Waals surface area contributed by atoms with E-state index in [1.165, 1.54) is 12.1 Å². The van der Waals surface area contributed by atoms with Gasteiger partial charge in [0.15, 0.2) is 0 Å². The fourth-order valence-corrected chi connectivity index (χ4v) is 3.24. The number of nitrogens with zero attached hydrogens (tertiary/aromatic N) is 1. The Morgan fingerprint density at radius 1 is 1.11 bits per heavy atom. The highest BCUT2D eigenvalue weighted by atomic mass is 32.1. The molecule has 0 saturated carbocycles. The van der Waals surface area contributed by atoms with Crippen LogP contribution in [0.4, 0.5) is 16.4 Å². The molecule has 0 aliphatic rings. The van der Waals surface area contributed by atoms with Gasteiger partial charge < -0.3 is 25.7 Å². The van der Waals surface area contributed by atoms with Crippen LogP contribution in [-0.2, 0) is 20.8 Å². The summed E-state index contributed by atoms with van der Waals surface area (Å²) in [5.41, 5.74) is 10.4. The summed E-state index contributed by atoms with van der Waals surface area (Å²) in [6.45, 7) is -0.514. The lowest BCUT2D eigenvalue weighted by molar-refractivity contribution is -0.383. The molecule has 0 amide bonds. The molecule has 0 atom stereocenters. The van der Waals surface area contributed by atoms with Gasteiger partial charge in [0.25, 0.3) is 5.69 Å². The lowest BCUT2D eigenvalue weighted by Crippen LogP contribution is -2.13. The number of carbonyl (C=O) groups excluding carboxylic acids is 3. The van der Waals surface area contributed by atoms with Crippen LogP contribution >= 0.6 is 11.3 Å². The first kappa shape index (κ1) is 20.6. The molecule has 12 heteroatoms. The molecule has 11 nitrogen and oxygen atoms in total. The van der Waals surface area contributed by atoms with E-state index < -0.39 is 35.1 Å². The van der Waals surface area contributed by atoms with E-state index in [4.69, 9.17) is 16.2 Å². The van der Waals surface area contributed by atoms with E-state index in [2.05, 4.69) is 9.47 Å². The van der Waals surface area contributed by atoms with Gasteiger partial charge in [-0.15, -0.1) is 11.3 Å². The van der Waals surface area contributed by atoms with Crippen LogP contribution in [0.3, 0.4) is 0 Å². The number of nitrogen functional groups attached to an aromatic ring is 2. The molecule has 4 N–H and O–H groups in total. The number of hydrogen-bond acceptors (Lipinski definition) is 11. The van der Waals surface area contributed by atoms with Crippen molar-refractivity contribution in [3.8, 4) is 0 Å². The zero-order valence-corrected chi connectivity index (χ0v) is 15.5. The standard InChI is InChI=1S/C16H15N3O8S/c1-25-15(21)11-8(12(16(22)26-2)28-13(11)18)6-27-14(20)7-3-4-9(17)10(5-7)19(23)24/h3-5H,6,17-18H2,1-2H3. The number of nitrogens with two attached hydrogens (primary N) is 2. The summed E-state index contributed by atoms with van der Waals surface area (Å²) in [6, 6.07) is 3.40. The van der Waals surface area contributed by atoms with Crippen LogP contribution in [0.15, 0.2) is 18.2 Å². The molecule has 1 aromatic carbocycles. The molecule has 0 bridgehead atoms. The van der Waals surface area contributed by atoms with E-state index in [9.17, 15) is 24.5 Å². The quantitative estimate of drug-likeness (QED) is 0.235. The second-order valence-corrected chi connectivity index (χ2v) is 6.29. The van der Waals surface area contributed by atoms with Gasteiger partial charge in [0, 0.05) is 11.6 Å². The summed E-state index contributed by atoms with van der Waals surface area (Å²) in [7, 11) is 2.26. The monoisotopic (exact) mass is 409 g/mol. The zero-order chi connectivity index (χ0) is 21.0. The number of methoxy groups -OCH3 is 2. The van der Waals surface area contributed by atoms with Gasteiger partial charge in [-0.3, -0.25) is 10.1 Å². The molecule has 2 aromatic rings. The number of anilines is 2. The number of nitro benzene ring substituents is 1. The fraction of sp³-hybridized carbons (Fsp3) is 0.188. The van der Waals surface area contributed by atoms with Crippen LogP contribution in [-0.4, -0.2) is 37.1 Å². The van der Waals surface area contributed by atoms with Crippen molar-refractivity contribution in [1.29, 1.82) is 0 Å². The molecule has 0 aliphatic carbocycles. The Morgan fingerprint density at radius 3 is 2.32 bits per heavy atom. The maximum atomic E-state index is 12.3. The Labute approximate surface area is 161 Å². The fourth-order valence-electron chi connectivity index (χ4n) is 2.26. The Hall–Kier alpha value is -3.67. The highest BCUT2D eigenvalue weighted by Gasteiger charge is 2.28. The predicted molar refractivity (Wildman–Crippen MR) is 98.0 cm³/mol. The molecular weight excluding hydrogens is 394 g/mol. The maximum Gasteiger partial charge on any atom is 0.348 e. The van der Waals surface area contributed by atoms with Crippen LogP contribution in [0.5, 0.6) is 0 Å². The van der Waals surface area contributed by atoms with Gasteiger partial charge in [0.05, 0.1) is 24.7 Å². The van der Waals surface area contributed by atoms with Gasteiger partial charge in [-0.2, -0.15) is 0 Å². The molecule has 148 valence electrons. The van der Waals surface area contributed by atoms with Gasteiger partial charge in [-0.25, -0.2) is 14.4 Å². The summed E-state index contributed by atoms with van der Waals surface area (Å²) in [5, 5.41) is 10.9. The third-order valence-electron chi connectivity index (χ3n) is 3.61. The van der Waals surface area contributed by atoms with Crippen molar-refractivity contribution in [1.82, 2.24) is 0 Å². The summed E-state index contributed by atoms with van der Waals surface area (Å²) in [4.78, 5) is 46.3. The summed E-state index contributed by atoms with van der Waals surface area (Å²) >= 11 is 0.778. The molecule has 0 unspecified atom stereocenters. The van der Waals surface area contributed by atoms with Gasteiger partial charge >= 0.3 is 17.9 Å². The molecule has 28 heavy (non-hydrogen) atoms. The number of rotatable bonds is 6. The Kier molecular flexibility index (Phi) is 6.15. The Morgan fingerprint density at radius 2 is 1.75 bits per heavy atom. The van der Waals surface area contributed by atoms with E-state index in [0.717, 1.165) is 31.6 Å². The van der Waals surface area contributed by atoms with Crippen LogP contribution in [0, 0.1) is 10.1 Å². The normalized spacial score (nSPS) is 10.2. The molecule has 0 spiro atoms. The first-order valence-electron chi connectivity index (χ1n) is 7.50. The minimum absolute atomic E-state index is 0.0126. The second kappa shape index (κ2) is 8.35. The number of thiophene rings is 1. The summed E-state index contributed by atoms with van der Waals surface area (Å²) in [6.07, 6.45) is 0. The molecule has 0 radical (unpaired) electrons. The maximum absolute atomic E-state index is 12.3. The van der Waals surface area contributed by atoms with E-state index in [0.29, 0.717) is 0 Å². The third-order valence-corrected chi connectivity index (χ3v) is 4.65. The predicted octanol–water partition coefficient (Wildman–Crippen LogP) is 1.75. The smallest absolute Gasteiger partial charge is 0.348 e. The first-order valence-corrected chi connectivity index (χ1v) is 8.31. The average Bonchev–Trinajstić information content (AvgIpc) is 3.01. The van der Waals surface area contributed by atoms with Crippen molar-refractivity contribution >= 4 is 45.6 Å². The minimum atomic E-state index is -0.931. The van der Waals surface area contributed by atoms with Gasteiger partial charge in [-0.1, -0.05) is 0 Å². The van der Waals surface area contributed by atoms with Crippen LogP contribution < -0.4 is 11.5 Å². The lowest BCUT2D eigenvalue weighted by atomic mass is 10.1. The van der Waals surface area contributed by atoms with Crippen molar-refractivity contribution in [3.63, 3.8) is 0 Å². The number of benzene rings is 1. The van der Waals surface area contributed by atoms with Crippen LogP contribution in [0.25, 0.3) is 0 Å². The van der Waals surface area contributed by atoms with Crippen molar-refractivity contribution in [2.75, 3.05) is 25.7 Å². The number of ether oxygens (including phenoxy) is 3. The second-order valence-electron chi connectivity index (χ2n) is 5.24. The molecular formula is C16H15N3O8S. The minimum Gasteiger partial charge on any atom is -0.465 e. The highest BCUT2D eigenvalue weighted by Crippen LogP contribution is 2.33. The van der Waals surface area contributed by atoms with E-state index in [-0.39, 0.29) is 32.3 Å². The van der Waals surface area contributed by atoms with Crippen molar-refractivity contribution in [3.05, 3.63) is 49.9 Å². The number of esters is 3. The van der Waals surface area contributed by atoms with Crippen molar-refractivity contribution < 1.29 is 33.5 Å². The molecule has 2 rings (SSSR count). The molecule has 0 fully saturated rings. The molecule has 0 saturated heterocycles. The SMILES string of the molecule is COC(=O)c1sc(N)c(C(=O)OC)c1COC(=O)c1ccc(N)c([N+](=O)[O-])c1. The number of nitro groups is 1. The topological polar surface area (TPSA) is 174 Å². The van der Waals surface area contributed by atoms with Gasteiger partial charge in [0.1, 0.15) is 27.7 Å². The Bertz CT molecular complexity index is 969. The van der Waals surface area contributed by atoms with Gasteiger partial charge in [-0.05, 0) is 12.1 Å². The van der Waals surface area contributed by atoms with Crippen LogP contribution in [0.1, 0.15) is 36.0 Å². The number of carbonyl (C=O) groups is 3. The first-order chi connectivity index (χ1) is 13.2. The van der Waals surface area contributed by atoms with E-state index in [1.807, 2.05) is 0 Å². The van der Waals surface area contributed by atoms with Crippen LogP contribution in [0.2, 0.25) is 0 Å². The summed E-state index contributed by atoms with van der Waals surface area (Å²) < 4.78 is 14.4. The lowest BCUT2D eigenvalue weighted by Gasteiger charge is -2.08. The molecule has 0 aliphatic heterocycles. The third kappa shape index (κ3) is 4.01. The van der Waals surface area contributed by atoms with Crippen molar-refractivity contribution in [2.45, 2.75) is 6.61 Å². The molecule has 1 heterocycles. The largest absolute Gasteiger partial charge is 0.465 e. The van der Waals surface area contributed by atoms with E-state index >= 15 is 0 Å². The van der Waals surface area contributed by atoms with Crippen molar-refractivity contribution in [2.24, 2.45) is 0 Å². The van der Waals surface area contributed by atoms with Gasteiger partial charge in [0.2, 0.25) is 0 Å². The summed E-state index contributed by atoms with van der Waals surface area (Å²) in [5.74, 6) is -2.53.